The summed E-state index contributed by atoms with van der Waals surface area (Å²) in [6.45, 7) is 0. The van der Waals surface area contributed by atoms with Crippen LogP contribution in [0.1, 0.15) is 0 Å². The molecule has 0 radical (unpaired) electrons. The Morgan fingerprint density at radius 2 is 2.29 bits per heavy atom. The van der Waals surface area contributed by atoms with E-state index in [-0.39, 0.29) is 5.82 Å². The molecule has 1 heterocycles. The van der Waals surface area contributed by atoms with Gasteiger partial charge in [-0.3, -0.25) is 0 Å². The minimum atomic E-state index is -0.297. The highest BCUT2D eigenvalue weighted by molar-refractivity contribution is 5.60. The van der Waals surface area contributed by atoms with E-state index in [0.29, 0.717) is 5.69 Å². The molecular formula is C9H9FN4. The van der Waals surface area contributed by atoms with E-state index < -0.39 is 0 Å². The maximum Gasteiger partial charge on any atom is 0.138 e. The van der Waals surface area contributed by atoms with Crippen LogP contribution in [-0.4, -0.2) is 21.8 Å². The third kappa shape index (κ3) is 1.44. The quantitative estimate of drug-likeness (QED) is 0.783. The molecule has 0 atom stereocenters. The van der Waals surface area contributed by atoms with Gasteiger partial charge in [0.05, 0.1) is 11.4 Å². The molecule has 0 aliphatic heterocycles. The maximum absolute atomic E-state index is 13.0. The van der Waals surface area contributed by atoms with Crippen LogP contribution in [0.25, 0.3) is 5.69 Å². The van der Waals surface area contributed by atoms with Gasteiger partial charge in [-0.15, -0.1) is 0 Å². The second-order valence-electron chi connectivity index (χ2n) is 2.75. The fourth-order valence-electron chi connectivity index (χ4n) is 1.24. The van der Waals surface area contributed by atoms with E-state index in [1.807, 2.05) is 0 Å². The first-order valence-electron chi connectivity index (χ1n) is 4.13. The Bertz CT molecular complexity index is 424. The normalized spacial score (nSPS) is 10.1. The molecule has 0 amide bonds. The summed E-state index contributed by atoms with van der Waals surface area (Å²) in [6.07, 6.45) is 2.93. The van der Waals surface area contributed by atoms with Crippen LogP contribution in [-0.2, 0) is 0 Å². The lowest BCUT2D eigenvalue weighted by atomic mass is 10.2. The highest BCUT2D eigenvalue weighted by Crippen LogP contribution is 2.19. The van der Waals surface area contributed by atoms with Crippen molar-refractivity contribution in [2.45, 2.75) is 0 Å². The van der Waals surface area contributed by atoms with Gasteiger partial charge >= 0.3 is 0 Å². The summed E-state index contributed by atoms with van der Waals surface area (Å²) in [6, 6.07) is 4.46. The number of halogens is 1. The maximum atomic E-state index is 13.0. The fraction of sp³-hybridized carbons (Fsp3) is 0.111. The molecule has 0 aliphatic carbocycles. The van der Waals surface area contributed by atoms with Crippen LogP contribution in [0.15, 0.2) is 30.9 Å². The number of aromatic nitrogens is 3. The molecule has 1 aromatic heterocycles. The topological polar surface area (TPSA) is 42.7 Å². The number of nitrogens with one attached hydrogen (secondary N) is 1. The molecule has 5 heteroatoms. The Hall–Kier alpha value is -1.91. The van der Waals surface area contributed by atoms with Crippen molar-refractivity contribution in [2.75, 3.05) is 12.4 Å². The Balaban J connectivity index is 2.55. The van der Waals surface area contributed by atoms with Crippen molar-refractivity contribution in [2.24, 2.45) is 0 Å². The monoisotopic (exact) mass is 192 g/mol. The van der Waals surface area contributed by atoms with Crippen LogP contribution in [0.4, 0.5) is 10.1 Å². The molecular weight excluding hydrogens is 183 g/mol. The van der Waals surface area contributed by atoms with Gasteiger partial charge in [-0.2, -0.15) is 5.10 Å². The van der Waals surface area contributed by atoms with Crippen molar-refractivity contribution < 1.29 is 4.39 Å². The average molecular weight is 192 g/mol. The standard InChI is InChI=1S/C9H9FN4/c1-11-8-3-2-7(10)4-9(8)14-6-12-5-13-14/h2-6,11H,1H3. The van der Waals surface area contributed by atoms with E-state index in [2.05, 4.69) is 15.4 Å². The van der Waals surface area contributed by atoms with E-state index in [4.69, 9.17) is 0 Å². The summed E-state index contributed by atoms with van der Waals surface area (Å²) >= 11 is 0. The predicted molar refractivity (Wildman–Crippen MR) is 50.9 cm³/mol. The van der Waals surface area contributed by atoms with Crippen LogP contribution in [0, 0.1) is 5.82 Å². The summed E-state index contributed by atoms with van der Waals surface area (Å²) in [5, 5.41) is 6.89. The lowest BCUT2D eigenvalue weighted by molar-refractivity contribution is 0.625. The minimum absolute atomic E-state index is 0.297. The molecule has 0 saturated heterocycles. The lowest BCUT2D eigenvalue weighted by Crippen LogP contribution is -2.01. The zero-order valence-corrected chi connectivity index (χ0v) is 7.61. The minimum Gasteiger partial charge on any atom is -0.386 e. The van der Waals surface area contributed by atoms with Crippen LogP contribution in [0.3, 0.4) is 0 Å². The SMILES string of the molecule is CNc1ccc(F)cc1-n1cncn1. The van der Waals surface area contributed by atoms with Crippen molar-refractivity contribution in [1.82, 2.24) is 14.8 Å². The highest BCUT2D eigenvalue weighted by atomic mass is 19.1. The van der Waals surface area contributed by atoms with Crippen molar-refractivity contribution in [3.8, 4) is 5.69 Å². The van der Waals surface area contributed by atoms with Crippen LogP contribution < -0.4 is 5.32 Å². The lowest BCUT2D eigenvalue weighted by Gasteiger charge is -2.07. The zero-order valence-electron chi connectivity index (χ0n) is 7.61. The molecule has 0 saturated carbocycles. The molecule has 0 spiro atoms. The van der Waals surface area contributed by atoms with Gasteiger partial charge in [0.1, 0.15) is 18.5 Å². The second-order valence-corrected chi connectivity index (χ2v) is 2.75. The number of nitrogens with zero attached hydrogens (tertiary/aromatic N) is 3. The predicted octanol–water partition coefficient (Wildman–Crippen LogP) is 1.45. The summed E-state index contributed by atoms with van der Waals surface area (Å²) < 4.78 is 14.5. The van der Waals surface area contributed by atoms with Gasteiger partial charge in [-0.05, 0) is 12.1 Å². The van der Waals surface area contributed by atoms with Crippen molar-refractivity contribution in [3.05, 3.63) is 36.7 Å². The van der Waals surface area contributed by atoms with E-state index in [0.717, 1.165) is 5.69 Å². The molecule has 0 unspecified atom stereocenters. The van der Waals surface area contributed by atoms with E-state index in [9.17, 15) is 4.39 Å². The van der Waals surface area contributed by atoms with Crippen LogP contribution >= 0.6 is 0 Å². The van der Waals surface area contributed by atoms with E-state index in [1.54, 1.807) is 13.1 Å². The Kier molecular flexibility index (Phi) is 2.14. The first-order valence-corrected chi connectivity index (χ1v) is 4.13. The smallest absolute Gasteiger partial charge is 0.138 e. The van der Waals surface area contributed by atoms with Gasteiger partial charge in [-0.1, -0.05) is 0 Å². The molecule has 14 heavy (non-hydrogen) atoms. The van der Waals surface area contributed by atoms with Crippen molar-refractivity contribution in [1.29, 1.82) is 0 Å². The van der Waals surface area contributed by atoms with Gasteiger partial charge in [0, 0.05) is 13.1 Å². The molecule has 0 aliphatic rings. The third-order valence-corrected chi connectivity index (χ3v) is 1.89. The summed E-state index contributed by atoms with van der Waals surface area (Å²) in [5.74, 6) is -0.297. The second kappa shape index (κ2) is 3.45. The van der Waals surface area contributed by atoms with E-state index in [1.165, 1.54) is 29.5 Å². The molecule has 1 N–H and O–H groups in total. The van der Waals surface area contributed by atoms with Crippen LogP contribution in [0.5, 0.6) is 0 Å². The molecule has 72 valence electrons. The molecule has 2 aromatic rings. The van der Waals surface area contributed by atoms with Gasteiger partial charge in [0.2, 0.25) is 0 Å². The van der Waals surface area contributed by atoms with Gasteiger partial charge in [0.15, 0.2) is 0 Å². The summed E-state index contributed by atoms with van der Waals surface area (Å²) in [5.41, 5.74) is 1.45. The van der Waals surface area contributed by atoms with Gasteiger partial charge < -0.3 is 5.32 Å². The summed E-state index contributed by atoms with van der Waals surface area (Å²) in [4.78, 5) is 3.81. The van der Waals surface area contributed by atoms with Gasteiger partial charge in [0.25, 0.3) is 0 Å². The number of hydrogen-bond acceptors (Lipinski definition) is 3. The van der Waals surface area contributed by atoms with E-state index >= 15 is 0 Å². The molecule has 0 bridgehead atoms. The first kappa shape index (κ1) is 8.68. The summed E-state index contributed by atoms with van der Waals surface area (Å²) in [7, 11) is 1.77. The molecule has 4 nitrogen and oxygen atoms in total. The number of rotatable bonds is 2. The highest BCUT2D eigenvalue weighted by Gasteiger charge is 2.04. The fourth-order valence-corrected chi connectivity index (χ4v) is 1.24. The number of hydrogen-bond donors (Lipinski definition) is 1. The zero-order chi connectivity index (χ0) is 9.97. The van der Waals surface area contributed by atoms with Gasteiger partial charge in [-0.25, -0.2) is 14.1 Å². The Morgan fingerprint density at radius 3 is 2.93 bits per heavy atom. The van der Waals surface area contributed by atoms with Crippen molar-refractivity contribution in [3.63, 3.8) is 0 Å². The average Bonchev–Trinajstić information content (AvgIpc) is 2.70. The Morgan fingerprint density at radius 1 is 1.43 bits per heavy atom. The largest absolute Gasteiger partial charge is 0.386 e. The molecule has 2 rings (SSSR count). The molecule has 1 aromatic carbocycles. The van der Waals surface area contributed by atoms with Crippen molar-refractivity contribution >= 4 is 5.69 Å². The Labute approximate surface area is 80.4 Å². The third-order valence-electron chi connectivity index (χ3n) is 1.89. The van der Waals surface area contributed by atoms with Crippen LogP contribution in [0.2, 0.25) is 0 Å². The number of anilines is 1. The first-order chi connectivity index (χ1) is 6.81. The number of benzene rings is 1. The molecule has 0 fully saturated rings.